The van der Waals surface area contributed by atoms with Crippen molar-refractivity contribution in [3.05, 3.63) is 119 Å². The number of nitrogens with one attached hydrogen (secondary N) is 6. The smallest absolute Gasteiger partial charge is 0.335 e. The summed E-state index contributed by atoms with van der Waals surface area (Å²) in [6, 6.07) is 24.8. The Morgan fingerprint density at radius 3 is 1.66 bits per heavy atom. The van der Waals surface area contributed by atoms with E-state index in [1.54, 1.807) is 49.3 Å². The number of benzene rings is 4. The minimum absolute atomic E-state index is 0.0279. The molecular weight excluding hydrogens is 779 g/mol. The average Bonchev–Trinajstić information content (AvgIpc) is 4.12. The molecule has 4 aromatic carbocycles. The maximum absolute atomic E-state index is 12.0. The van der Waals surface area contributed by atoms with Gasteiger partial charge in [0.2, 0.25) is 0 Å². The number of fused-ring (bicyclic) bond motifs is 4. The molecule has 0 atom stereocenters. The third-order valence-electron chi connectivity index (χ3n) is 10.0. The summed E-state index contributed by atoms with van der Waals surface area (Å²) < 4.78 is 0. The summed E-state index contributed by atoms with van der Waals surface area (Å²) in [7, 11) is 3.47. The van der Waals surface area contributed by atoms with Gasteiger partial charge in [0.05, 0.1) is 49.7 Å². The third kappa shape index (κ3) is 7.92. The number of nitrogens with zero attached hydrogens (tertiary/aromatic N) is 7. The third-order valence-corrected chi connectivity index (χ3v) is 10.0. The summed E-state index contributed by atoms with van der Waals surface area (Å²) in [4.78, 5) is 58.3. The van der Waals surface area contributed by atoms with Crippen molar-refractivity contribution < 1.29 is 24.6 Å². The molecule has 8 N–H and O–H groups in total. The molecule has 0 saturated heterocycles. The summed E-state index contributed by atoms with van der Waals surface area (Å²) >= 11 is 0. The number of rotatable bonds is 7. The Bertz CT molecular complexity index is 3250. The second-order valence-corrected chi connectivity index (χ2v) is 14.3. The highest BCUT2D eigenvalue weighted by molar-refractivity contribution is 5.98. The fraction of sp³-hybridized carbons (Fsp3) is 0.140. The molecule has 0 aliphatic carbocycles. The van der Waals surface area contributed by atoms with Crippen LogP contribution in [0.1, 0.15) is 54.9 Å². The fourth-order valence-electron chi connectivity index (χ4n) is 6.56. The zero-order chi connectivity index (χ0) is 42.9. The van der Waals surface area contributed by atoms with E-state index in [0.717, 1.165) is 67.9 Å². The number of H-pyrrole nitrogens is 6. The van der Waals surface area contributed by atoms with Crippen LogP contribution < -0.4 is 0 Å². The number of carbonyl (C=O) groups excluding carboxylic acids is 1. The van der Waals surface area contributed by atoms with Gasteiger partial charge in [0.15, 0.2) is 17.5 Å². The summed E-state index contributed by atoms with van der Waals surface area (Å²) in [6.07, 6.45) is 0.871. The van der Waals surface area contributed by atoms with Crippen LogP contribution in [0.4, 0.5) is 0 Å². The summed E-state index contributed by atoms with van der Waals surface area (Å²) in [5, 5.41) is 40.5. The molecule has 18 nitrogen and oxygen atoms in total. The van der Waals surface area contributed by atoms with Crippen LogP contribution in [-0.4, -0.2) is 108 Å². The minimum atomic E-state index is -0.960. The van der Waals surface area contributed by atoms with Crippen LogP contribution in [0.2, 0.25) is 0 Å². The van der Waals surface area contributed by atoms with E-state index in [1.807, 2.05) is 63.2 Å². The molecule has 6 heterocycles. The molecule has 0 aliphatic heterocycles. The maximum atomic E-state index is 12.0. The zero-order valence-electron chi connectivity index (χ0n) is 33.5. The van der Waals surface area contributed by atoms with Crippen molar-refractivity contribution in [2.75, 3.05) is 14.1 Å². The van der Waals surface area contributed by atoms with Gasteiger partial charge in [-0.15, -0.1) is 0 Å². The van der Waals surface area contributed by atoms with Crippen molar-refractivity contribution in [2.45, 2.75) is 27.2 Å². The molecule has 10 aromatic rings. The van der Waals surface area contributed by atoms with Crippen molar-refractivity contribution >= 4 is 61.8 Å². The highest BCUT2D eigenvalue weighted by Crippen LogP contribution is 2.27. The summed E-state index contributed by atoms with van der Waals surface area (Å²) in [6.45, 7) is 6.01. The van der Waals surface area contributed by atoms with Gasteiger partial charge in [0.25, 0.3) is 5.91 Å². The van der Waals surface area contributed by atoms with Gasteiger partial charge in [-0.3, -0.25) is 20.1 Å². The number of carboxylic acids is 2. The van der Waals surface area contributed by atoms with Crippen molar-refractivity contribution in [2.24, 2.45) is 0 Å². The number of imidazole rings is 3. The van der Waals surface area contributed by atoms with Gasteiger partial charge in [-0.1, -0.05) is 25.1 Å². The fourth-order valence-corrected chi connectivity index (χ4v) is 6.56. The monoisotopic (exact) mass is 817 g/mol. The molecule has 10 rings (SSSR count). The molecule has 0 saturated carbocycles. The lowest BCUT2D eigenvalue weighted by atomic mass is 10.2. The van der Waals surface area contributed by atoms with Gasteiger partial charge in [0.1, 0.15) is 17.1 Å². The second-order valence-electron chi connectivity index (χ2n) is 14.3. The second kappa shape index (κ2) is 16.1. The van der Waals surface area contributed by atoms with E-state index < -0.39 is 11.9 Å². The van der Waals surface area contributed by atoms with E-state index in [4.69, 9.17) is 10.2 Å². The van der Waals surface area contributed by atoms with Crippen LogP contribution in [0.5, 0.6) is 0 Å². The number of carboxylic acid groups (broad SMARTS) is 2. The highest BCUT2D eigenvalue weighted by atomic mass is 16.4. The number of aromatic carboxylic acids is 2. The number of aryl methyl sites for hydroxylation is 2. The largest absolute Gasteiger partial charge is 0.478 e. The van der Waals surface area contributed by atoms with Crippen LogP contribution in [0, 0.1) is 13.8 Å². The van der Waals surface area contributed by atoms with Crippen LogP contribution in [-0.2, 0) is 6.42 Å². The van der Waals surface area contributed by atoms with E-state index in [0.29, 0.717) is 39.6 Å². The topological polar surface area (TPSA) is 267 Å². The average molecular weight is 818 g/mol. The normalized spacial score (nSPS) is 11.1. The van der Waals surface area contributed by atoms with Crippen LogP contribution in [0.3, 0.4) is 0 Å². The molecule has 61 heavy (non-hydrogen) atoms. The lowest BCUT2D eigenvalue weighted by Gasteiger charge is -2.09. The molecule has 0 aliphatic rings. The van der Waals surface area contributed by atoms with E-state index in [2.05, 4.69) is 60.5 Å². The Morgan fingerprint density at radius 1 is 0.590 bits per heavy atom. The van der Waals surface area contributed by atoms with Gasteiger partial charge in [-0.25, -0.2) is 24.5 Å². The first-order valence-corrected chi connectivity index (χ1v) is 19.0. The Balaban J connectivity index is 0.000000127. The maximum Gasteiger partial charge on any atom is 0.335 e. The van der Waals surface area contributed by atoms with Crippen molar-refractivity contribution in [3.63, 3.8) is 0 Å². The van der Waals surface area contributed by atoms with Gasteiger partial charge >= 0.3 is 11.9 Å². The van der Waals surface area contributed by atoms with Crippen molar-refractivity contribution in [3.8, 4) is 34.6 Å². The number of amides is 1. The Labute approximate surface area is 345 Å². The summed E-state index contributed by atoms with van der Waals surface area (Å²) in [5.74, 6) is 0.0176. The molecule has 0 fully saturated rings. The van der Waals surface area contributed by atoms with Crippen LogP contribution in [0.15, 0.2) is 84.9 Å². The van der Waals surface area contributed by atoms with Crippen LogP contribution >= 0.6 is 0 Å². The number of para-hydroxylation sites is 1. The first-order valence-electron chi connectivity index (χ1n) is 19.0. The molecular formula is C43H39N13O5. The number of hydrogen-bond donors (Lipinski definition) is 8. The van der Waals surface area contributed by atoms with Gasteiger partial charge in [0, 0.05) is 42.0 Å². The van der Waals surface area contributed by atoms with Gasteiger partial charge in [-0.05, 0) is 87.0 Å². The Kier molecular flexibility index (Phi) is 10.4. The molecule has 0 unspecified atom stereocenters. The first kappa shape index (κ1) is 39.4. The highest BCUT2D eigenvalue weighted by Gasteiger charge is 2.16. The number of carbonyl (C=O) groups is 3. The minimum Gasteiger partial charge on any atom is -0.478 e. The Hall–Kier alpha value is -8.41. The molecule has 0 spiro atoms. The van der Waals surface area contributed by atoms with E-state index >= 15 is 0 Å². The molecule has 18 heteroatoms. The van der Waals surface area contributed by atoms with Gasteiger partial charge < -0.3 is 30.1 Å². The van der Waals surface area contributed by atoms with Gasteiger partial charge in [-0.2, -0.15) is 15.3 Å². The zero-order valence-corrected chi connectivity index (χ0v) is 33.5. The van der Waals surface area contributed by atoms with E-state index in [9.17, 15) is 14.4 Å². The molecule has 306 valence electrons. The number of aromatic amines is 6. The molecule has 0 bridgehead atoms. The lowest BCUT2D eigenvalue weighted by molar-refractivity contribution is 0.0686. The molecule has 6 aromatic heterocycles. The molecule has 1 amide bonds. The van der Waals surface area contributed by atoms with Crippen molar-refractivity contribution in [1.29, 1.82) is 0 Å². The van der Waals surface area contributed by atoms with E-state index in [1.165, 1.54) is 12.1 Å². The predicted molar refractivity (Wildman–Crippen MR) is 229 cm³/mol. The SMILES string of the molecule is CCc1cc(-c2nc3ccc(C(=O)O)cc3[nH]2)n[nH]1.Cc1[nH]nc(-c2nc3ccc(C(=O)N(C)C)cc3[nH]2)c1C.O=C(O)c1ccc2nc(-c3n[nH]c4ccccc34)[nH]c2c1. The van der Waals surface area contributed by atoms with Crippen LogP contribution in [0.25, 0.3) is 78.6 Å². The van der Waals surface area contributed by atoms with E-state index in [-0.39, 0.29) is 17.0 Å². The van der Waals surface area contributed by atoms with Crippen molar-refractivity contribution in [1.82, 2.24) is 65.4 Å². The predicted octanol–water partition coefficient (Wildman–Crippen LogP) is 7.29. The summed E-state index contributed by atoms with van der Waals surface area (Å²) in [5.41, 5.74) is 11.9. The molecule has 0 radical (unpaired) electrons. The number of aromatic nitrogens is 12. The first-order chi connectivity index (χ1) is 29.4. The number of hydrogen-bond acceptors (Lipinski definition) is 9. The standard InChI is InChI=1S/C15H17N5O.C15H10N4O2.C13H12N4O2/c1-8-9(2)18-19-13(8)14-16-11-6-5-10(7-12(11)17-14)15(21)20(3)4;20-15(21)8-5-6-11-12(7-8)17-14(16-11)13-9-3-1-2-4-10(9)18-19-13;1-2-8-6-11(17-16-8)12-14-9-4-3-7(13(18)19)5-10(9)15-12/h5-7H,1-4H3,(H,16,17)(H,18,19);1-7H,(H,16,17)(H,18,19)(H,20,21);3-6H,2H2,1H3,(H,14,15)(H,16,17)(H,18,19). The Morgan fingerprint density at radius 2 is 1.11 bits per heavy atom. The quantitative estimate of drug-likeness (QED) is 0.0791. The lowest BCUT2D eigenvalue weighted by Crippen LogP contribution is -2.21.